The lowest BCUT2D eigenvalue weighted by Gasteiger charge is -2.38. The zero-order valence-corrected chi connectivity index (χ0v) is 14.5. The van der Waals surface area contributed by atoms with Crippen LogP contribution in [0.2, 0.25) is 0 Å². The molecule has 2 aliphatic rings. The number of carbonyl (C=O) groups excluding carboxylic acids is 1. The quantitative estimate of drug-likeness (QED) is 0.908. The lowest BCUT2D eigenvalue weighted by Crippen LogP contribution is -2.49. The summed E-state index contributed by atoms with van der Waals surface area (Å²) < 4.78 is 10.8. The van der Waals surface area contributed by atoms with Gasteiger partial charge in [-0.3, -0.25) is 9.69 Å². The zero-order chi connectivity index (χ0) is 17.2. The van der Waals surface area contributed by atoms with Crippen LogP contribution in [0.1, 0.15) is 41.8 Å². The summed E-state index contributed by atoms with van der Waals surface area (Å²) in [7, 11) is 1.60. The summed E-state index contributed by atoms with van der Waals surface area (Å²) in [5.41, 5.74) is 0.607. The number of rotatable bonds is 5. The average Bonchev–Trinajstić information content (AvgIpc) is 3.22. The number of amides is 1. The van der Waals surface area contributed by atoms with Crippen molar-refractivity contribution in [2.45, 2.75) is 50.4 Å². The number of nitrogens with one attached hydrogen (secondary N) is 1. The molecule has 5 heteroatoms. The molecule has 2 fully saturated rings. The van der Waals surface area contributed by atoms with E-state index >= 15 is 0 Å². The number of hydrogen-bond acceptors (Lipinski definition) is 4. The second-order valence-electron chi connectivity index (χ2n) is 6.98. The highest BCUT2D eigenvalue weighted by Crippen LogP contribution is 2.37. The Morgan fingerprint density at radius 1 is 1.20 bits per heavy atom. The van der Waals surface area contributed by atoms with E-state index in [-0.39, 0.29) is 11.9 Å². The summed E-state index contributed by atoms with van der Waals surface area (Å²) >= 11 is 0. The standard InChI is InChI=1S/C20H24N2O3/c1-24-19-7-3-2-6-18(19)20(23)21-14-11-15-8-9-16(12-14)22(15)13-17-5-4-10-25-17/h2-7,10,14-16H,8-9,11-13H2,1H3,(H,21,23)/t15-,16-/m1/s1. The first-order chi connectivity index (χ1) is 12.2. The summed E-state index contributed by atoms with van der Waals surface area (Å²) in [6.45, 7) is 0.871. The van der Waals surface area contributed by atoms with Gasteiger partial charge in [0.2, 0.25) is 0 Å². The molecule has 2 aromatic rings. The summed E-state index contributed by atoms with van der Waals surface area (Å²) in [6.07, 6.45) is 6.13. The molecule has 1 N–H and O–H groups in total. The summed E-state index contributed by atoms with van der Waals surface area (Å²) in [6, 6.07) is 12.6. The minimum atomic E-state index is -0.0404. The monoisotopic (exact) mass is 340 g/mol. The number of para-hydroxylation sites is 1. The van der Waals surface area contributed by atoms with E-state index in [9.17, 15) is 4.79 Å². The third kappa shape index (κ3) is 3.29. The molecule has 1 aromatic carbocycles. The molecule has 0 aliphatic carbocycles. The van der Waals surface area contributed by atoms with Gasteiger partial charge in [-0.1, -0.05) is 12.1 Å². The van der Waals surface area contributed by atoms with Crippen molar-refractivity contribution in [3.8, 4) is 5.75 Å². The van der Waals surface area contributed by atoms with Crippen LogP contribution in [0.15, 0.2) is 47.1 Å². The number of nitrogens with zero attached hydrogens (tertiary/aromatic N) is 1. The van der Waals surface area contributed by atoms with Crippen LogP contribution in [-0.4, -0.2) is 36.0 Å². The highest BCUT2D eigenvalue weighted by molar-refractivity contribution is 5.97. The van der Waals surface area contributed by atoms with Crippen LogP contribution in [0.25, 0.3) is 0 Å². The van der Waals surface area contributed by atoms with Crippen LogP contribution in [0.5, 0.6) is 5.75 Å². The van der Waals surface area contributed by atoms with Crippen LogP contribution in [0.3, 0.4) is 0 Å². The van der Waals surface area contributed by atoms with E-state index in [0.717, 1.165) is 25.1 Å². The van der Waals surface area contributed by atoms with Gasteiger partial charge in [0.15, 0.2) is 0 Å². The molecule has 1 amide bonds. The molecule has 0 radical (unpaired) electrons. The Kier molecular flexibility index (Phi) is 4.49. The van der Waals surface area contributed by atoms with Gasteiger partial charge in [0.1, 0.15) is 11.5 Å². The second-order valence-corrected chi connectivity index (χ2v) is 6.98. The van der Waals surface area contributed by atoms with E-state index in [4.69, 9.17) is 9.15 Å². The molecular weight excluding hydrogens is 316 g/mol. The van der Waals surface area contributed by atoms with Crippen molar-refractivity contribution < 1.29 is 13.9 Å². The van der Waals surface area contributed by atoms with Gasteiger partial charge in [0.05, 0.1) is 25.5 Å². The normalized spacial score (nSPS) is 25.7. The number of piperidine rings is 1. The largest absolute Gasteiger partial charge is 0.496 e. The minimum absolute atomic E-state index is 0.0404. The molecular formula is C20H24N2O3. The Morgan fingerprint density at radius 3 is 2.64 bits per heavy atom. The molecule has 5 nitrogen and oxygen atoms in total. The zero-order valence-electron chi connectivity index (χ0n) is 14.5. The fourth-order valence-corrected chi connectivity index (χ4v) is 4.33. The molecule has 1 aromatic heterocycles. The SMILES string of the molecule is COc1ccccc1C(=O)NC1C[C@H]2CC[C@H](C1)N2Cc1ccco1. The first-order valence-electron chi connectivity index (χ1n) is 8.96. The molecule has 0 spiro atoms. The second kappa shape index (κ2) is 6.92. The molecule has 0 saturated carbocycles. The maximum atomic E-state index is 12.6. The fourth-order valence-electron chi connectivity index (χ4n) is 4.33. The number of benzene rings is 1. The van der Waals surface area contributed by atoms with E-state index in [0.29, 0.717) is 23.4 Å². The van der Waals surface area contributed by atoms with Crippen molar-refractivity contribution in [2.24, 2.45) is 0 Å². The highest BCUT2D eigenvalue weighted by atomic mass is 16.5. The van der Waals surface area contributed by atoms with Crippen LogP contribution in [0, 0.1) is 0 Å². The Bertz CT molecular complexity index is 714. The van der Waals surface area contributed by atoms with Gasteiger partial charge in [-0.15, -0.1) is 0 Å². The third-order valence-electron chi connectivity index (χ3n) is 5.49. The molecule has 132 valence electrons. The van der Waals surface area contributed by atoms with E-state index in [1.165, 1.54) is 12.8 Å². The third-order valence-corrected chi connectivity index (χ3v) is 5.49. The molecule has 2 aliphatic heterocycles. The predicted octanol–water partition coefficient (Wildman–Crippen LogP) is 3.21. The van der Waals surface area contributed by atoms with Gasteiger partial charge >= 0.3 is 0 Å². The molecule has 0 unspecified atom stereocenters. The Labute approximate surface area is 148 Å². The average molecular weight is 340 g/mol. The van der Waals surface area contributed by atoms with E-state index < -0.39 is 0 Å². The summed E-state index contributed by atoms with van der Waals surface area (Å²) in [5, 5.41) is 3.22. The maximum absolute atomic E-state index is 12.6. The number of carbonyl (C=O) groups is 1. The number of ether oxygens (including phenoxy) is 1. The molecule has 2 atom stereocenters. The van der Waals surface area contributed by atoms with Gasteiger partial charge in [0.25, 0.3) is 5.91 Å². The van der Waals surface area contributed by atoms with E-state index in [2.05, 4.69) is 10.2 Å². The maximum Gasteiger partial charge on any atom is 0.255 e. The number of methoxy groups -OCH3 is 1. The summed E-state index contributed by atoms with van der Waals surface area (Å²) in [5.74, 6) is 1.60. The molecule has 4 rings (SSSR count). The van der Waals surface area contributed by atoms with Crippen LogP contribution >= 0.6 is 0 Å². The molecule has 2 saturated heterocycles. The van der Waals surface area contributed by atoms with Gasteiger partial charge in [-0.25, -0.2) is 0 Å². The highest BCUT2D eigenvalue weighted by Gasteiger charge is 2.41. The Balaban J connectivity index is 1.40. The van der Waals surface area contributed by atoms with Gasteiger partial charge in [0, 0.05) is 18.1 Å². The van der Waals surface area contributed by atoms with Crippen LogP contribution < -0.4 is 10.1 Å². The number of furan rings is 1. The molecule has 25 heavy (non-hydrogen) atoms. The Morgan fingerprint density at radius 2 is 1.96 bits per heavy atom. The number of hydrogen-bond donors (Lipinski definition) is 1. The van der Waals surface area contributed by atoms with Crippen molar-refractivity contribution in [3.63, 3.8) is 0 Å². The predicted molar refractivity (Wildman–Crippen MR) is 94.5 cm³/mol. The van der Waals surface area contributed by atoms with Gasteiger partial charge < -0.3 is 14.5 Å². The van der Waals surface area contributed by atoms with Crippen molar-refractivity contribution in [1.29, 1.82) is 0 Å². The Hall–Kier alpha value is -2.27. The van der Waals surface area contributed by atoms with Crippen molar-refractivity contribution in [2.75, 3.05) is 7.11 Å². The van der Waals surface area contributed by atoms with Crippen LogP contribution in [-0.2, 0) is 6.54 Å². The van der Waals surface area contributed by atoms with Crippen molar-refractivity contribution in [3.05, 3.63) is 54.0 Å². The molecule has 3 heterocycles. The molecule has 2 bridgehead atoms. The van der Waals surface area contributed by atoms with Crippen molar-refractivity contribution >= 4 is 5.91 Å². The lowest BCUT2D eigenvalue weighted by molar-refractivity contribution is 0.0803. The van der Waals surface area contributed by atoms with Crippen molar-refractivity contribution in [1.82, 2.24) is 10.2 Å². The van der Waals surface area contributed by atoms with E-state index in [1.807, 2.05) is 36.4 Å². The topological polar surface area (TPSA) is 54.7 Å². The first kappa shape index (κ1) is 16.2. The number of fused-ring (bicyclic) bond motifs is 2. The smallest absolute Gasteiger partial charge is 0.255 e. The van der Waals surface area contributed by atoms with Crippen LogP contribution in [0.4, 0.5) is 0 Å². The van der Waals surface area contributed by atoms with E-state index in [1.54, 1.807) is 13.4 Å². The minimum Gasteiger partial charge on any atom is -0.496 e. The van der Waals surface area contributed by atoms with Gasteiger partial charge in [-0.2, -0.15) is 0 Å². The van der Waals surface area contributed by atoms with Gasteiger partial charge in [-0.05, 0) is 49.9 Å². The lowest BCUT2D eigenvalue weighted by atomic mass is 9.96. The summed E-state index contributed by atoms with van der Waals surface area (Å²) in [4.78, 5) is 15.2. The first-order valence-corrected chi connectivity index (χ1v) is 8.96. The fraction of sp³-hybridized carbons (Fsp3) is 0.450.